The van der Waals surface area contributed by atoms with Crippen molar-refractivity contribution in [1.82, 2.24) is 4.90 Å². The molecule has 2 rings (SSSR count). The number of carbonyl (C=O) groups excluding carboxylic acids is 1. The molecular formula is C15H20ClNO4S. The van der Waals surface area contributed by atoms with Crippen molar-refractivity contribution in [3.63, 3.8) is 0 Å². The van der Waals surface area contributed by atoms with Gasteiger partial charge in [-0.15, -0.1) is 0 Å². The predicted octanol–water partition coefficient (Wildman–Crippen LogP) is 2.99. The number of rotatable bonds is 4. The maximum Gasteiger partial charge on any atom is 0.410 e. The summed E-state index contributed by atoms with van der Waals surface area (Å²) in [5, 5.41) is 0. The normalized spacial score (nSPS) is 20.9. The van der Waals surface area contributed by atoms with Gasteiger partial charge in [-0.2, -0.15) is 0 Å². The van der Waals surface area contributed by atoms with Crippen LogP contribution in [0.4, 0.5) is 4.79 Å². The van der Waals surface area contributed by atoms with Crippen LogP contribution in [0.3, 0.4) is 0 Å². The molecule has 22 heavy (non-hydrogen) atoms. The number of benzene rings is 1. The smallest absolute Gasteiger partial charge is 0.410 e. The van der Waals surface area contributed by atoms with E-state index in [9.17, 15) is 13.2 Å². The van der Waals surface area contributed by atoms with E-state index in [4.69, 9.17) is 15.4 Å². The average Bonchev–Trinajstić information content (AvgIpc) is 2.71. The maximum atomic E-state index is 12.3. The Morgan fingerprint density at radius 3 is 2.59 bits per heavy atom. The second-order valence-electron chi connectivity index (χ2n) is 6.04. The van der Waals surface area contributed by atoms with Crippen molar-refractivity contribution in [1.29, 1.82) is 0 Å². The highest BCUT2D eigenvalue weighted by molar-refractivity contribution is 8.13. The first-order chi connectivity index (χ1) is 10.2. The summed E-state index contributed by atoms with van der Waals surface area (Å²) in [7, 11) is 1.76. The maximum absolute atomic E-state index is 12.3. The van der Waals surface area contributed by atoms with E-state index in [1.165, 1.54) is 0 Å². The Morgan fingerprint density at radius 2 is 2.00 bits per heavy atom. The zero-order valence-electron chi connectivity index (χ0n) is 12.7. The molecule has 0 spiro atoms. The van der Waals surface area contributed by atoms with Crippen molar-refractivity contribution in [3.8, 4) is 0 Å². The highest BCUT2D eigenvalue weighted by Crippen LogP contribution is 2.36. The van der Waals surface area contributed by atoms with Gasteiger partial charge < -0.3 is 9.64 Å². The van der Waals surface area contributed by atoms with Gasteiger partial charge in [0, 0.05) is 22.8 Å². The van der Waals surface area contributed by atoms with Gasteiger partial charge in [0.05, 0.1) is 5.75 Å². The third kappa shape index (κ3) is 4.14. The summed E-state index contributed by atoms with van der Waals surface area (Å²) in [6.07, 6.45) is 0.169. The van der Waals surface area contributed by atoms with E-state index >= 15 is 0 Å². The van der Waals surface area contributed by atoms with E-state index in [0.29, 0.717) is 13.0 Å². The van der Waals surface area contributed by atoms with Gasteiger partial charge in [0.1, 0.15) is 6.61 Å². The molecule has 1 unspecified atom stereocenters. The lowest BCUT2D eigenvalue weighted by Crippen LogP contribution is -2.47. The van der Waals surface area contributed by atoms with E-state index in [1.54, 1.807) is 4.90 Å². The SMILES string of the molecule is CC1(C)C(CS(=O)(=O)Cl)CCN1C(=O)OCc1ccccc1. The minimum absolute atomic E-state index is 0.135. The van der Waals surface area contributed by atoms with Crippen molar-refractivity contribution < 1.29 is 17.9 Å². The fourth-order valence-corrected chi connectivity index (χ4v) is 4.31. The number of amides is 1. The topological polar surface area (TPSA) is 63.7 Å². The Bertz CT molecular complexity index is 630. The molecule has 7 heteroatoms. The Labute approximate surface area is 135 Å². The van der Waals surface area contributed by atoms with Crippen molar-refractivity contribution in [2.75, 3.05) is 12.3 Å². The average molecular weight is 346 g/mol. The zero-order valence-corrected chi connectivity index (χ0v) is 14.2. The van der Waals surface area contributed by atoms with Crippen molar-refractivity contribution >= 4 is 25.8 Å². The Hall–Kier alpha value is -1.27. The molecule has 0 radical (unpaired) electrons. The van der Waals surface area contributed by atoms with Crippen LogP contribution in [-0.4, -0.2) is 37.2 Å². The fraction of sp³-hybridized carbons (Fsp3) is 0.533. The lowest BCUT2D eigenvalue weighted by Gasteiger charge is -2.34. The predicted molar refractivity (Wildman–Crippen MR) is 85.2 cm³/mol. The highest BCUT2D eigenvalue weighted by atomic mass is 35.7. The van der Waals surface area contributed by atoms with Gasteiger partial charge in [0.15, 0.2) is 0 Å². The summed E-state index contributed by atoms with van der Waals surface area (Å²) in [4.78, 5) is 13.9. The number of hydrogen-bond donors (Lipinski definition) is 0. The van der Waals surface area contributed by atoms with Crippen molar-refractivity contribution in [2.24, 2.45) is 5.92 Å². The molecule has 0 aromatic heterocycles. The lowest BCUT2D eigenvalue weighted by atomic mass is 9.90. The molecule has 1 fully saturated rings. The number of hydrogen-bond acceptors (Lipinski definition) is 4. The van der Waals surface area contributed by atoms with Gasteiger partial charge in [-0.05, 0) is 31.7 Å². The van der Waals surface area contributed by atoms with Crippen LogP contribution < -0.4 is 0 Å². The molecule has 1 aromatic carbocycles. The first kappa shape index (κ1) is 17.1. The van der Waals surface area contributed by atoms with E-state index in [0.717, 1.165) is 5.56 Å². The van der Waals surface area contributed by atoms with E-state index in [-0.39, 0.29) is 18.3 Å². The van der Waals surface area contributed by atoms with Gasteiger partial charge in [-0.3, -0.25) is 0 Å². The molecule has 1 saturated heterocycles. The molecule has 0 bridgehead atoms. The largest absolute Gasteiger partial charge is 0.445 e. The van der Waals surface area contributed by atoms with Crippen LogP contribution in [-0.2, 0) is 20.4 Å². The Balaban J connectivity index is 1.98. The molecule has 0 saturated carbocycles. The highest BCUT2D eigenvalue weighted by Gasteiger charge is 2.45. The van der Waals surface area contributed by atoms with Crippen LogP contribution >= 0.6 is 10.7 Å². The van der Waals surface area contributed by atoms with Gasteiger partial charge in [-0.1, -0.05) is 30.3 Å². The third-order valence-electron chi connectivity index (χ3n) is 4.22. The molecule has 122 valence electrons. The molecular weight excluding hydrogens is 326 g/mol. The molecule has 0 N–H and O–H groups in total. The van der Waals surface area contributed by atoms with E-state index in [2.05, 4.69) is 0 Å². The summed E-state index contributed by atoms with van der Waals surface area (Å²) in [5.41, 5.74) is 0.308. The number of likely N-dealkylation sites (tertiary alicyclic amines) is 1. The molecule has 1 aromatic rings. The second-order valence-corrected chi connectivity index (χ2v) is 8.86. The van der Waals surface area contributed by atoms with Gasteiger partial charge >= 0.3 is 6.09 Å². The van der Waals surface area contributed by atoms with Crippen LogP contribution in [0, 0.1) is 5.92 Å². The molecule has 1 aliphatic rings. The molecule has 1 heterocycles. The van der Waals surface area contributed by atoms with Crippen molar-refractivity contribution in [3.05, 3.63) is 35.9 Å². The quantitative estimate of drug-likeness (QED) is 0.787. The van der Waals surface area contributed by atoms with Gasteiger partial charge in [0.2, 0.25) is 9.05 Å². The summed E-state index contributed by atoms with van der Waals surface area (Å²) in [6, 6.07) is 9.41. The number of nitrogens with zero attached hydrogens (tertiary/aromatic N) is 1. The van der Waals surface area contributed by atoms with Gasteiger partial charge in [-0.25, -0.2) is 13.2 Å². The zero-order chi connectivity index (χ0) is 16.4. The monoisotopic (exact) mass is 345 g/mol. The first-order valence-electron chi connectivity index (χ1n) is 7.11. The van der Waals surface area contributed by atoms with Crippen LogP contribution in [0.2, 0.25) is 0 Å². The van der Waals surface area contributed by atoms with Crippen LogP contribution in [0.5, 0.6) is 0 Å². The lowest BCUT2D eigenvalue weighted by molar-refractivity contribution is 0.0680. The summed E-state index contributed by atoms with van der Waals surface area (Å²) < 4.78 is 27.9. The van der Waals surface area contributed by atoms with Crippen LogP contribution in [0.1, 0.15) is 25.8 Å². The van der Waals surface area contributed by atoms with Crippen LogP contribution in [0.15, 0.2) is 30.3 Å². The number of ether oxygens (including phenoxy) is 1. The minimum atomic E-state index is -3.59. The Kier molecular flexibility index (Phi) is 5.02. The van der Waals surface area contributed by atoms with Crippen LogP contribution in [0.25, 0.3) is 0 Å². The van der Waals surface area contributed by atoms with Crippen molar-refractivity contribution in [2.45, 2.75) is 32.4 Å². The summed E-state index contributed by atoms with van der Waals surface area (Å²) in [5.74, 6) is -0.330. The first-order valence-corrected chi connectivity index (χ1v) is 9.58. The van der Waals surface area contributed by atoms with E-state index in [1.807, 2.05) is 44.2 Å². The van der Waals surface area contributed by atoms with E-state index < -0.39 is 20.7 Å². The number of carbonyl (C=O) groups is 1. The molecule has 1 amide bonds. The molecule has 1 aliphatic heterocycles. The molecule has 1 atom stereocenters. The third-order valence-corrected chi connectivity index (χ3v) is 5.40. The second kappa shape index (κ2) is 6.46. The van der Waals surface area contributed by atoms with Gasteiger partial charge in [0.25, 0.3) is 0 Å². The summed E-state index contributed by atoms with van der Waals surface area (Å²) in [6.45, 7) is 4.36. The fourth-order valence-electron chi connectivity index (χ4n) is 2.80. The Morgan fingerprint density at radius 1 is 1.36 bits per heavy atom. The standard InChI is InChI=1S/C15H20ClNO4S/c1-15(2)13(11-22(16,19)20)8-9-17(15)14(18)21-10-12-6-4-3-5-7-12/h3-7,13H,8-11H2,1-2H3. The summed E-state index contributed by atoms with van der Waals surface area (Å²) >= 11 is 0. The number of halogens is 1. The molecule has 5 nitrogen and oxygen atoms in total. The molecule has 0 aliphatic carbocycles. The minimum Gasteiger partial charge on any atom is -0.445 e.